The van der Waals surface area contributed by atoms with E-state index in [1.165, 1.54) is 6.07 Å². The number of carbonyl (C=O) groups excluding carboxylic acids is 1. The van der Waals surface area contributed by atoms with Crippen LogP contribution in [0.4, 0.5) is 5.95 Å². The largest absolute Gasteiger partial charge is 0.280 e. The molecule has 2 aromatic heterocycles. The van der Waals surface area contributed by atoms with E-state index in [9.17, 15) is 9.59 Å². The number of nitrogens with zero attached hydrogens (tertiary/aromatic N) is 5. The summed E-state index contributed by atoms with van der Waals surface area (Å²) in [4.78, 5) is 30.8. The molecule has 0 radical (unpaired) electrons. The zero-order chi connectivity index (χ0) is 17.6. The fourth-order valence-corrected chi connectivity index (χ4v) is 3.26. The van der Waals surface area contributed by atoms with Crippen molar-refractivity contribution < 1.29 is 4.79 Å². The lowest BCUT2D eigenvalue weighted by molar-refractivity contribution is -0.117. The zero-order valence-electron chi connectivity index (χ0n) is 14.8. The summed E-state index contributed by atoms with van der Waals surface area (Å²) in [6, 6.07) is 1.75. The van der Waals surface area contributed by atoms with Gasteiger partial charge in [-0.05, 0) is 34.6 Å². The molecular formula is C17H23N5O2. The van der Waals surface area contributed by atoms with E-state index in [0.717, 1.165) is 17.0 Å². The molecule has 3 heterocycles. The molecule has 3 rings (SSSR count). The summed E-state index contributed by atoms with van der Waals surface area (Å²) in [5.41, 5.74) is 3.38. The predicted molar refractivity (Wildman–Crippen MR) is 91.4 cm³/mol. The fourth-order valence-electron chi connectivity index (χ4n) is 3.26. The highest BCUT2D eigenvalue weighted by atomic mass is 16.2. The smallest absolute Gasteiger partial charge is 0.255 e. The highest BCUT2D eigenvalue weighted by Gasteiger charge is 2.28. The molecule has 0 N–H and O–H groups in total. The van der Waals surface area contributed by atoms with Gasteiger partial charge >= 0.3 is 0 Å². The summed E-state index contributed by atoms with van der Waals surface area (Å²) < 4.78 is 3.50. The maximum Gasteiger partial charge on any atom is 0.255 e. The molecule has 1 aliphatic rings. The normalized spacial score (nSPS) is 13.7. The number of carbonyl (C=O) groups is 1. The minimum atomic E-state index is -0.104. The average molecular weight is 329 g/mol. The van der Waals surface area contributed by atoms with Crippen molar-refractivity contribution in [3.05, 3.63) is 39.1 Å². The molecule has 7 heteroatoms. The number of anilines is 1. The van der Waals surface area contributed by atoms with Gasteiger partial charge in [-0.25, -0.2) is 4.98 Å². The number of amides is 1. The van der Waals surface area contributed by atoms with Gasteiger partial charge < -0.3 is 0 Å². The lowest BCUT2D eigenvalue weighted by Gasteiger charge is -2.16. The second-order valence-electron chi connectivity index (χ2n) is 6.60. The van der Waals surface area contributed by atoms with E-state index < -0.39 is 0 Å². The number of hydrogen-bond donors (Lipinski definition) is 0. The van der Waals surface area contributed by atoms with Gasteiger partial charge in [0, 0.05) is 42.1 Å². The second-order valence-corrected chi connectivity index (χ2v) is 6.60. The van der Waals surface area contributed by atoms with Gasteiger partial charge in [0.15, 0.2) is 0 Å². The molecule has 0 fully saturated rings. The summed E-state index contributed by atoms with van der Waals surface area (Å²) >= 11 is 0. The molecule has 24 heavy (non-hydrogen) atoms. The second kappa shape index (κ2) is 5.89. The third kappa shape index (κ3) is 2.64. The number of aryl methyl sites for hydroxylation is 2. The first-order chi connectivity index (χ1) is 11.3. The monoisotopic (exact) mass is 329 g/mol. The molecule has 0 aromatic carbocycles. The third-order valence-electron chi connectivity index (χ3n) is 4.50. The summed E-state index contributed by atoms with van der Waals surface area (Å²) in [5, 5.41) is 4.54. The zero-order valence-corrected chi connectivity index (χ0v) is 14.8. The SMILES string of the molecule is Cc1cc(=O)n2c(n1)N(C(=O)Cc1c(C)nn(C(C)C)c1C)CC2. The van der Waals surface area contributed by atoms with Crippen molar-refractivity contribution in [2.45, 2.75) is 53.6 Å². The summed E-state index contributed by atoms with van der Waals surface area (Å²) in [6.07, 6.45) is 0.272. The minimum absolute atomic E-state index is 0.0479. The molecule has 0 unspecified atom stereocenters. The molecule has 0 saturated carbocycles. The van der Waals surface area contributed by atoms with Crippen molar-refractivity contribution in [2.24, 2.45) is 0 Å². The Morgan fingerprint density at radius 1 is 1.25 bits per heavy atom. The molecule has 7 nitrogen and oxygen atoms in total. The van der Waals surface area contributed by atoms with E-state index in [1.807, 2.05) is 18.5 Å². The highest BCUT2D eigenvalue weighted by molar-refractivity contribution is 5.94. The quantitative estimate of drug-likeness (QED) is 0.856. The van der Waals surface area contributed by atoms with E-state index >= 15 is 0 Å². The van der Waals surface area contributed by atoms with Gasteiger partial charge in [-0.3, -0.25) is 23.7 Å². The van der Waals surface area contributed by atoms with Crippen LogP contribution in [-0.4, -0.2) is 31.8 Å². The van der Waals surface area contributed by atoms with Crippen LogP contribution in [0.25, 0.3) is 0 Å². The molecular weight excluding hydrogens is 306 g/mol. The van der Waals surface area contributed by atoms with Gasteiger partial charge in [-0.15, -0.1) is 0 Å². The molecule has 0 spiro atoms. The first-order valence-electron chi connectivity index (χ1n) is 8.23. The van der Waals surface area contributed by atoms with Crippen LogP contribution in [0.2, 0.25) is 0 Å². The molecule has 128 valence electrons. The van der Waals surface area contributed by atoms with Gasteiger partial charge in [-0.2, -0.15) is 5.10 Å². The van der Waals surface area contributed by atoms with Crippen molar-refractivity contribution in [3.8, 4) is 0 Å². The summed E-state index contributed by atoms with van der Waals surface area (Å²) in [5.74, 6) is 0.407. The van der Waals surface area contributed by atoms with E-state index in [-0.39, 0.29) is 23.9 Å². The molecule has 0 aliphatic carbocycles. The minimum Gasteiger partial charge on any atom is -0.280 e. The highest BCUT2D eigenvalue weighted by Crippen LogP contribution is 2.22. The lowest BCUT2D eigenvalue weighted by Crippen LogP contribution is -2.32. The Hall–Kier alpha value is -2.44. The Morgan fingerprint density at radius 2 is 1.96 bits per heavy atom. The average Bonchev–Trinajstić information content (AvgIpc) is 3.03. The van der Waals surface area contributed by atoms with Gasteiger partial charge in [-0.1, -0.05) is 0 Å². The van der Waals surface area contributed by atoms with Crippen LogP contribution in [-0.2, 0) is 17.8 Å². The molecule has 0 bridgehead atoms. The first kappa shape index (κ1) is 16.4. The molecule has 0 saturated heterocycles. The fraction of sp³-hybridized carbons (Fsp3) is 0.529. The van der Waals surface area contributed by atoms with Crippen LogP contribution < -0.4 is 10.5 Å². The molecule has 1 aliphatic heterocycles. The van der Waals surface area contributed by atoms with Crippen LogP contribution in [0.1, 0.15) is 42.5 Å². The van der Waals surface area contributed by atoms with Crippen LogP contribution in [0.15, 0.2) is 10.9 Å². The topological polar surface area (TPSA) is 73.0 Å². The van der Waals surface area contributed by atoms with Gasteiger partial charge in [0.2, 0.25) is 11.9 Å². The van der Waals surface area contributed by atoms with E-state index in [0.29, 0.717) is 24.7 Å². The third-order valence-corrected chi connectivity index (χ3v) is 4.50. The number of hydrogen-bond acceptors (Lipinski definition) is 4. The van der Waals surface area contributed by atoms with Crippen LogP contribution in [0.5, 0.6) is 0 Å². The Kier molecular flexibility index (Phi) is 4.03. The van der Waals surface area contributed by atoms with Crippen molar-refractivity contribution >= 4 is 11.9 Å². The molecule has 0 atom stereocenters. The van der Waals surface area contributed by atoms with Crippen LogP contribution in [0.3, 0.4) is 0 Å². The van der Waals surface area contributed by atoms with Gasteiger partial charge in [0.25, 0.3) is 5.56 Å². The van der Waals surface area contributed by atoms with Crippen molar-refractivity contribution in [1.82, 2.24) is 19.3 Å². The van der Waals surface area contributed by atoms with Gasteiger partial charge in [0.05, 0.1) is 12.1 Å². The molecule has 2 aromatic rings. The maximum atomic E-state index is 12.8. The number of rotatable bonds is 3. The van der Waals surface area contributed by atoms with Crippen LogP contribution in [0, 0.1) is 20.8 Å². The summed E-state index contributed by atoms with van der Waals surface area (Å²) in [6.45, 7) is 10.8. The number of aromatic nitrogens is 4. The Morgan fingerprint density at radius 3 is 2.58 bits per heavy atom. The van der Waals surface area contributed by atoms with Gasteiger partial charge in [0.1, 0.15) is 0 Å². The van der Waals surface area contributed by atoms with E-state index in [2.05, 4.69) is 23.9 Å². The first-order valence-corrected chi connectivity index (χ1v) is 8.23. The van der Waals surface area contributed by atoms with E-state index in [1.54, 1.807) is 16.4 Å². The number of fused-ring (bicyclic) bond motifs is 1. The summed E-state index contributed by atoms with van der Waals surface area (Å²) in [7, 11) is 0. The standard InChI is InChI=1S/C17H23N5O2/c1-10(2)22-13(5)14(12(4)19-22)9-16(24)21-7-6-20-15(23)8-11(3)18-17(20)21/h8,10H,6-7,9H2,1-5H3. The van der Waals surface area contributed by atoms with Crippen LogP contribution >= 0.6 is 0 Å². The maximum absolute atomic E-state index is 12.8. The Balaban J connectivity index is 1.90. The lowest BCUT2D eigenvalue weighted by atomic mass is 10.1. The Bertz CT molecular complexity index is 863. The van der Waals surface area contributed by atoms with E-state index in [4.69, 9.17) is 0 Å². The molecule has 1 amide bonds. The van der Waals surface area contributed by atoms with Crippen molar-refractivity contribution in [2.75, 3.05) is 11.4 Å². The van der Waals surface area contributed by atoms with Crippen molar-refractivity contribution in [1.29, 1.82) is 0 Å². The van der Waals surface area contributed by atoms with Crippen molar-refractivity contribution in [3.63, 3.8) is 0 Å². The Labute approximate surface area is 140 Å². The predicted octanol–water partition coefficient (Wildman–Crippen LogP) is 1.54.